The van der Waals surface area contributed by atoms with Gasteiger partial charge >= 0.3 is 0 Å². The highest BCUT2D eigenvalue weighted by Gasteiger charge is 2.07. The monoisotopic (exact) mass is 214 g/mol. The lowest BCUT2D eigenvalue weighted by Gasteiger charge is -1.97. The molecule has 7 heteroatoms. The van der Waals surface area contributed by atoms with Crippen molar-refractivity contribution in [3.63, 3.8) is 0 Å². The molecule has 1 amide bonds. The van der Waals surface area contributed by atoms with Crippen LogP contribution in [-0.2, 0) is 0 Å². The molecule has 0 unspecified atom stereocenters. The first-order chi connectivity index (χ1) is 7.70. The van der Waals surface area contributed by atoms with E-state index < -0.39 is 5.91 Å². The topological polar surface area (TPSA) is 110 Å². The number of hydrogen-bond donors (Lipinski definition) is 1. The number of rotatable bonds is 2. The van der Waals surface area contributed by atoms with Gasteiger partial charge in [-0.1, -0.05) is 0 Å². The second-order valence-electron chi connectivity index (χ2n) is 2.86. The quantitative estimate of drug-likeness (QED) is 0.733. The molecule has 2 rings (SSSR count). The maximum atomic E-state index is 10.8. The molecule has 7 nitrogen and oxygen atoms in total. The molecule has 0 radical (unpaired) electrons. The number of carbonyl (C=O) groups excluding carboxylic acids is 1. The summed E-state index contributed by atoms with van der Waals surface area (Å²) >= 11 is 0. The van der Waals surface area contributed by atoms with Crippen LogP contribution in [0.25, 0.3) is 5.95 Å². The van der Waals surface area contributed by atoms with Gasteiger partial charge in [-0.2, -0.15) is 10.4 Å². The average Bonchev–Trinajstić information content (AvgIpc) is 2.78. The van der Waals surface area contributed by atoms with E-state index in [1.807, 2.05) is 6.07 Å². The third-order valence-corrected chi connectivity index (χ3v) is 1.80. The summed E-state index contributed by atoms with van der Waals surface area (Å²) < 4.78 is 1.28. The Morgan fingerprint density at radius 3 is 2.94 bits per heavy atom. The Morgan fingerprint density at radius 2 is 2.31 bits per heavy atom. The van der Waals surface area contributed by atoms with Crippen LogP contribution >= 0.6 is 0 Å². The molecule has 0 saturated heterocycles. The Bertz CT molecular complexity index is 582. The van der Waals surface area contributed by atoms with Crippen LogP contribution in [0.5, 0.6) is 0 Å². The molecule has 0 bridgehead atoms. The van der Waals surface area contributed by atoms with E-state index in [4.69, 9.17) is 11.0 Å². The van der Waals surface area contributed by atoms with Gasteiger partial charge in [0.15, 0.2) is 0 Å². The van der Waals surface area contributed by atoms with Crippen LogP contribution in [0.2, 0.25) is 0 Å². The average molecular weight is 214 g/mol. The van der Waals surface area contributed by atoms with Crippen molar-refractivity contribution in [1.82, 2.24) is 19.7 Å². The highest BCUT2D eigenvalue weighted by molar-refractivity contribution is 5.90. The van der Waals surface area contributed by atoms with Gasteiger partial charge in [-0.25, -0.2) is 14.6 Å². The van der Waals surface area contributed by atoms with Gasteiger partial charge in [-0.05, 0) is 12.1 Å². The number of nitrogens with zero attached hydrogens (tertiary/aromatic N) is 5. The molecule has 2 N–H and O–H groups in total. The molecule has 0 aromatic carbocycles. The van der Waals surface area contributed by atoms with Gasteiger partial charge in [0.2, 0.25) is 0 Å². The van der Waals surface area contributed by atoms with Crippen LogP contribution < -0.4 is 5.73 Å². The lowest BCUT2D eigenvalue weighted by Crippen LogP contribution is -2.12. The van der Waals surface area contributed by atoms with Crippen molar-refractivity contribution in [3.8, 4) is 12.0 Å². The van der Waals surface area contributed by atoms with E-state index in [0.29, 0.717) is 0 Å². The van der Waals surface area contributed by atoms with Crippen molar-refractivity contribution >= 4 is 5.91 Å². The summed E-state index contributed by atoms with van der Waals surface area (Å²) in [7, 11) is 0. The van der Waals surface area contributed by atoms with Gasteiger partial charge < -0.3 is 5.73 Å². The molecule has 0 saturated carbocycles. The summed E-state index contributed by atoms with van der Waals surface area (Å²) in [5.74, 6) is -0.415. The minimum Gasteiger partial charge on any atom is -0.364 e. The summed E-state index contributed by atoms with van der Waals surface area (Å²) in [5, 5.41) is 12.5. The number of nitriles is 1. The van der Waals surface area contributed by atoms with Crippen molar-refractivity contribution in [2.75, 3.05) is 0 Å². The highest BCUT2D eigenvalue weighted by Crippen LogP contribution is 2.02. The molecular formula is C9H6N6O. The van der Waals surface area contributed by atoms with Crippen molar-refractivity contribution < 1.29 is 4.79 Å². The van der Waals surface area contributed by atoms with Gasteiger partial charge in [0.1, 0.15) is 17.5 Å². The molecule has 78 valence electrons. The maximum Gasteiger partial charge on any atom is 0.269 e. The van der Waals surface area contributed by atoms with E-state index in [2.05, 4.69) is 15.1 Å². The summed E-state index contributed by atoms with van der Waals surface area (Å²) in [6, 6.07) is 4.81. The Hall–Kier alpha value is -2.75. The third kappa shape index (κ3) is 1.72. The smallest absolute Gasteiger partial charge is 0.269 e. The Morgan fingerprint density at radius 1 is 1.50 bits per heavy atom. The van der Waals surface area contributed by atoms with Gasteiger partial charge in [-0.15, -0.1) is 0 Å². The fraction of sp³-hybridized carbons (Fsp3) is 0. The number of aromatic nitrogens is 4. The molecule has 0 spiro atoms. The van der Waals surface area contributed by atoms with Gasteiger partial charge in [-0.3, -0.25) is 4.79 Å². The summed E-state index contributed by atoms with van der Waals surface area (Å²) in [6.45, 7) is 0. The number of nitrogens with two attached hydrogens (primary N) is 1. The summed E-state index contributed by atoms with van der Waals surface area (Å²) in [5.41, 5.74) is 5.39. The zero-order valence-electron chi connectivity index (χ0n) is 8.03. The molecule has 2 aromatic rings. The van der Waals surface area contributed by atoms with Gasteiger partial charge in [0, 0.05) is 12.4 Å². The summed E-state index contributed by atoms with van der Waals surface area (Å²) in [4.78, 5) is 18.6. The van der Waals surface area contributed by atoms with E-state index in [0.717, 1.165) is 0 Å². The van der Waals surface area contributed by atoms with Crippen molar-refractivity contribution in [2.24, 2.45) is 5.73 Å². The Kier molecular flexibility index (Phi) is 2.31. The van der Waals surface area contributed by atoms with Crippen LogP contribution in [0.15, 0.2) is 24.5 Å². The van der Waals surface area contributed by atoms with Crippen LogP contribution in [-0.4, -0.2) is 25.7 Å². The molecule has 0 aliphatic heterocycles. The second kappa shape index (κ2) is 3.78. The van der Waals surface area contributed by atoms with E-state index in [9.17, 15) is 4.79 Å². The Labute approximate surface area is 90.2 Å². The van der Waals surface area contributed by atoms with Crippen molar-refractivity contribution in [1.29, 1.82) is 5.26 Å². The zero-order valence-corrected chi connectivity index (χ0v) is 8.03. The van der Waals surface area contributed by atoms with E-state index in [-0.39, 0.29) is 17.3 Å². The molecule has 16 heavy (non-hydrogen) atoms. The highest BCUT2D eigenvalue weighted by atomic mass is 16.1. The minimum absolute atomic E-state index is 0.117. The molecule has 2 aromatic heterocycles. The fourth-order valence-electron chi connectivity index (χ4n) is 1.09. The lowest BCUT2D eigenvalue weighted by molar-refractivity contribution is 0.0995. The number of primary amides is 1. The minimum atomic E-state index is -0.629. The molecule has 0 aliphatic rings. The van der Waals surface area contributed by atoms with Crippen molar-refractivity contribution in [3.05, 3.63) is 35.9 Å². The molecule has 0 aliphatic carbocycles. The number of amides is 1. The largest absolute Gasteiger partial charge is 0.364 e. The predicted octanol–water partition coefficient (Wildman–Crippen LogP) is -0.367. The lowest BCUT2D eigenvalue weighted by atomic mass is 10.4. The Balaban J connectivity index is 2.43. The van der Waals surface area contributed by atoms with Crippen LogP contribution in [0.4, 0.5) is 0 Å². The van der Waals surface area contributed by atoms with Crippen LogP contribution in [0, 0.1) is 11.3 Å². The van der Waals surface area contributed by atoms with Crippen LogP contribution in [0.3, 0.4) is 0 Å². The van der Waals surface area contributed by atoms with Crippen molar-refractivity contribution in [2.45, 2.75) is 0 Å². The molecule has 0 atom stereocenters. The predicted molar refractivity (Wildman–Crippen MR) is 52.4 cm³/mol. The van der Waals surface area contributed by atoms with Crippen LogP contribution in [0.1, 0.15) is 16.2 Å². The zero-order chi connectivity index (χ0) is 11.5. The van der Waals surface area contributed by atoms with E-state index >= 15 is 0 Å². The molecule has 0 fully saturated rings. The van der Waals surface area contributed by atoms with E-state index in [1.54, 1.807) is 0 Å². The first-order valence-electron chi connectivity index (χ1n) is 4.29. The normalized spacial score (nSPS) is 9.69. The SMILES string of the molecule is N#Cc1ccnc(-n2ccc(C(N)=O)n2)n1. The number of hydrogen-bond acceptors (Lipinski definition) is 5. The van der Waals surface area contributed by atoms with Gasteiger partial charge in [0.05, 0.1) is 0 Å². The molecule has 2 heterocycles. The second-order valence-corrected chi connectivity index (χ2v) is 2.86. The maximum absolute atomic E-state index is 10.8. The summed E-state index contributed by atoms with van der Waals surface area (Å²) in [6.07, 6.45) is 2.93. The fourth-order valence-corrected chi connectivity index (χ4v) is 1.09. The third-order valence-electron chi connectivity index (χ3n) is 1.80. The number of carbonyl (C=O) groups is 1. The molecular weight excluding hydrogens is 208 g/mol. The first-order valence-corrected chi connectivity index (χ1v) is 4.29. The first kappa shape index (κ1) is 9.79. The van der Waals surface area contributed by atoms with Gasteiger partial charge in [0.25, 0.3) is 11.9 Å². The van der Waals surface area contributed by atoms with E-state index in [1.165, 1.54) is 29.2 Å². The standard InChI is InChI=1S/C9H6N6O/c10-5-6-1-3-12-9(13-6)15-4-2-7(14-15)8(11)16/h1-4H,(H2,11,16).